The van der Waals surface area contributed by atoms with E-state index in [1.54, 1.807) is 17.4 Å². The topological polar surface area (TPSA) is 64.8 Å². The largest absolute Gasteiger partial charge is 0.489 e. The second kappa shape index (κ2) is 9.45. The molecule has 7 heteroatoms. The molecule has 0 saturated carbocycles. The zero-order valence-electron chi connectivity index (χ0n) is 17.3. The Kier molecular flexibility index (Phi) is 6.50. The molecule has 1 aliphatic rings. The summed E-state index contributed by atoms with van der Waals surface area (Å²) in [6, 6.07) is 11.4. The Morgan fingerprint density at radius 2 is 2.20 bits per heavy atom. The summed E-state index contributed by atoms with van der Waals surface area (Å²) in [7, 11) is 0. The number of aromatic nitrogens is 1. The van der Waals surface area contributed by atoms with E-state index in [2.05, 4.69) is 11.2 Å². The van der Waals surface area contributed by atoms with Crippen molar-refractivity contribution in [3.63, 3.8) is 0 Å². The van der Waals surface area contributed by atoms with Crippen LogP contribution in [0, 0.1) is 13.8 Å². The van der Waals surface area contributed by atoms with Crippen LogP contribution in [0.3, 0.4) is 0 Å². The van der Waals surface area contributed by atoms with Gasteiger partial charge in [0.15, 0.2) is 0 Å². The molecule has 158 valence electrons. The third-order valence-corrected chi connectivity index (χ3v) is 6.17. The summed E-state index contributed by atoms with van der Waals surface area (Å²) in [5, 5.41) is 5.99. The number of benzene rings is 1. The van der Waals surface area contributed by atoms with Gasteiger partial charge in [-0.1, -0.05) is 17.3 Å². The lowest BCUT2D eigenvalue weighted by Gasteiger charge is -2.25. The summed E-state index contributed by atoms with van der Waals surface area (Å²) in [5.41, 5.74) is 2.36. The van der Waals surface area contributed by atoms with Crippen molar-refractivity contribution in [3.05, 3.63) is 69.2 Å². The second-order valence-electron chi connectivity index (χ2n) is 7.52. The van der Waals surface area contributed by atoms with E-state index in [1.807, 2.05) is 48.4 Å². The Balaban J connectivity index is 1.48. The number of rotatable bonds is 8. The van der Waals surface area contributed by atoms with Crippen molar-refractivity contribution >= 4 is 17.2 Å². The third kappa shape index (κ3) is 4.91. The van der Waals surface area contributed by atoms with Gasteiger partial charge < -0.3 is 18.9 Å². The Morgan fingerprint density at radius 1 is 1.30 bits per heavy atom. The molecular formula is C23H26N2O4S. The van der Waals surface area contributed by atoms with Gasteiger partial charge in [0.1, 0.15) is 18.1 Å². The maximum absolute atomic E-state index is 13.3. The first kappa shape index (κ1) is 20.6. The molecular weight excluding hydrogens is 400 g/mol. The minimum atomic E-state index is -0.0123. The molecule has 0 radical (unpaired) electrons. The molecule has 1 aromatic carbocycles. The zero-order chi connectivity index (χ0) is 20.9. The summed E-state index contributed by atoms with van der Waals surface area (Å²) >= 11 is 1.66. The molecule has 30 heavy (non-hydrogen) atoms. The molecule has 6 nitrogen and oxygen atoms in total. The minimum absolute atomic E-state index is 0.0123. The van der Waals surface area contributed by atoms with Crippen molar-refractivity contribution in [2.24, 2.45) is 0 Å². The number of carbonyl (C=O) groups excluding carboxylic acids is 1. The van der Waals surface area contributed by atoms with Crippen molar-refractivity contribution < 1.29 is 18.8 Å². The van der Waals surface area contributed by atoms with E-state index in [0.717, 1.165) is 41.3 Å². The maximum atomic E-state index is 13.3. The average molecular weight is 427 g/mol. The third-order valence-electron chi connectivity index (χ3n) is 5.31. The summed E-state index contributed by atoms with van der Waals surface area (Å²) in [6.07, 6.45) is 2.15. The fraction of sp³-hybridized carbons (Fsp3) is 0.391. The van der Waals surface area contributed by atoms with E-state index in [0.29, 0.717) is 31.0 Å². The first-order chi connectivity index (χ1) is 14.6. The first-order valence-corrected chi connectivity index (χ1v) is 11.1. The van der Waals surface area contributed by atoms with Crippen LogP contribution in [0.2, 0.25) is 0 Å². The molecule has 3 heterocycles. The predicted octanol–water partition coefficient (Wildman–Crippen LogP) is 4.75. The number of hydrogen-bond acceptors (Lipinski definition) is 6. The van der Waals surface area contributed by atoms with E-state index >= 15 is 0 Å². The quantitative estimate of drug-likeness (QED) is 0.520. The van der Waals surface area contributed by atoms with Gasteiger partial charge in [0, 0.05) is 23.6 Å². The van der Waals surface area contributed by atoms with Gasteiger partial charge in [-0.05, 0) is 56.3 Å². The summed E-state index contributed by atoms with van der Waals surface area (Å²) in [4.78, 5) is 16.4. The van der Waals surface area contributed by atoms with Gasteiger partial charge in [-0.15, -0.1) is 11.3 Å². The van der Waals surface area contributed by atoms with Crippen molar-refractivity contribution in [2.75, 3.05) is 13.2 Å². The first-order valence-electron chi connectivity index (χ1n) is 10.2. The van der Waals surface area contributed by atoms with E-state index in [4.69, 9.17) is 14.0 Å². The highest BCUT2D eigenvalue weighted by molar-refractivity contribution is 7.09. The smallest absolute Gasteiger partial charge is 0.254 e. The lowest BCUT2D eigenvalue weighted by Crippen LogP contribution is -2.36. The van der Waals surface area contributed by atoms with Crippen molar-refractivity contribution in [3.8, 4) is 5.75 Å². The number of nitrogens with zero attached hydrogens (tertiary/aromatic N) is 2. The summed E-state index contributed by atoms with van der Waals surface area (Å²) < 4.78 is 16.9. The second-order valence-corrected chi connectivity index (χ2v) is 8.55. The van der Waals surface area contributed by atoms with Crippen LogP contribution in [-0.4, -0.2) is 35.2 Å². The van der Waals surface area contributed by atoms with Crippen LogP contribution in [0.15, 0.2) is 46.3 Å². The van der Waals surface area contributed by atoms with Gasteiger partial charge >= 0.3 is 0 Å². The Morgan fingerprint density at radius 3 is 2.90 bits per heavy atom. The van der Waals surface area contributed by atoms with Crippen LogP contribution < -0.4 is 4.74 Å². The van der Waals surface area contributed by atoms with Gasteiger partial charge in [-0.3, -0.25) is 4.79 Å². The number of ether oxygens (including phenoxy) is 2. The molecule has 1 amide bonds. The number of thiophene rings is 1. The monoisotopic (exact) mass is 426 g/mol. The van der Waals surface area contributed by atoms with Gasteiger partial charge in [0.05, 0.1) is 23.9 Å². The molecule has 4 rings (SSSR count). The van der Waals surface area contributed by atoms with Crippen LogP contribution >= 0.6 is 11.3 Å². The highest BCUT2D eigenvalue weighted by atomic mass is 32.1. The predicted molar refractivity (Wildman–Crippen MR) is 115 cm³/mol. The molecule has 1 aliphatic heterocycles. The standard InChI is InChI=1S/C23H26N2O4S/c1-16-22(17(2)29-24-16)15-28-19-7-3-6-18(12-19)23(26)25(13-20-8-4-10-27-20)14-21-9-5-11-30-21/h3,5-7,9,11-12,20H,4,8,10,13-15H2,1-2H3. The molecule has 1 saturated heterocycles. The van der Waals surface area contributed by atoms with Crippen LogP contribution in [0.1, 0.15) is 45.1 Å². The Hall–Kier alpha value is -2.64. The van der Waals surface area contributed by atoms with Gasteiger partial charge in [0.25, 0.3) is 5.91 Å². The highest BCUT2D eigenvalue weighted by Crippen LogP contribution is 2.22. The molecule has 1 unspecified atom stereocenters. The highest BCUT2D eigenvalue weighted by Gasteiger charge is 2.24. The van der Waals surface area contributed by atoms with Crippen molar-refractivity contribution in [2.45, 2.75) is 45.9 Å². The van der Waals surface area contributed by atoms with Crippen molar-refractivity contribution in [1.82, 2.24) is 10.1 Å². The van der Waals surface area contributed by atoms with Gasteiger partial charge in [0.2, 0.25) is 0 Å². The van der Waals surface area contributed by atoms with Crippen LogP contribution in [0.25, 0.3) is 0 Å². The number of hydrogen-bond donors (Lipinski definition) is 0. The fourth-order valence-electron chi connectivity index (χ4n) is 3.61. The maximum Gasteiger partial charge on any atom is 0.254 e. The average Bonchev–Trinajstić information content (AvgIpc) is 3.51. The fourth-order valence-corrected chi connectivity index (χ4v) is 4.33. The summed E-state index contributed by atoms with van der Waals surface area (Å²) in [5.74, 6) is 1.38. The molecule has 0 aliphatic carbocycles. The normalized spacial score (nSPS) is 16.0. The number of aryl methyl sites for hydroxylation is 2. The molecule has 2 aromatic heterocycles. The SMILES string of the molecule is Cc1noc(C)c1COc1cccc(C(=O)N(Cc2cccs2)CC2CCCO2)c1. The molecule has 1 fully saturated rings. The lowest BCUT2D eigenvalue weighted by molar-refractivity contribution is 0.0509. The van der Waals surface area contributed by atoms with Crippen molar-refractivity contribution in [1.29, 1.82) is 0 Å². The van der Waals surface area contributed by atoms with E-state index in [-0.39, 0.29) is 12.0 Å². The van der Waals surface area contributed by atoms with E-state index < -0.39 is 0 Å². The zero-order valence-corrected chi connectivity index (χ0v) is 18.1. The lowest BCUT2D eigenvalue weighted by atomic mass is 10.1. The summed E-state index contributed by atoms with van der Waals surface area (Å²) in [6.45, 7) is 6.07. The molecule has 1 atom stereocenters. The van der Waals surface area contributed by atoms with Gasteiger partial charge in [-0.2, -0.15) is 0 Å². The Bertz CT molecular complexity index is 958. The van der Waals surface area contributed by atoms with E-state index in [1.165, 1.54) is 0 Å². The van der Waals surface area contributed by atoms with Crippen LogP contribution in [0.4, 0.5) is 0 Å². The molecule has 0 spiro atoms. The molecule has 0 bridgehead atoms. The number of carbonyl (C=O) groups is 1. The molecule has 0 N–H and O–H groups in total. The van der Waals surface area contributed by atoms with Crippen LogP contribution in [-0.2, 0) is 17.9 Å². The van der Waals surface area contributed by atoms with Gasteiger partial charge in [-0.25, -0.2) is 0 Å². The number of amides is 1. The van der Waals surface area contributed by atoms with Crippen LogP contribution in [0.5, 0.6) is 5.75 Å². The minimum Gasteiger partial charge on any atom is -0.489 e. The molecule has 3 aromatic rings. The Labute approximate surface area is 180 Å². The van der Waals surface area contributed by atoms with E-state index in [9.17, 15) is 4.79 Å².